The predicted octanol–water partition coefficient (Wildman–Crippen LogP) is 3.43. The number of carbonyl (C=O) groups excluding carboxylic acids is 1. The highest BCUT2D eigenvalue weighted by molar-refractivity contribution is 5.88. The zero-order chi connectivity index (χ0) is 19.3. The Morgan fingerprint density at radius 3 is 2.28 bits per heavy atom. The quantitative estimate of drug-likeness (QED) is 0.374. The van der Waals surface area contributed by atoms with Crippen molar-refractivity contribution in [1.82, 2.24) is 4.98 Å². The van der Waals surface area contributed by atoms with Crippen molar-refractivity contribution in [2.24, 2.45) is 0 Å². The molecular weight excluding hydrogens is 370 g/mol. The molecule has 0 aliphatic heterocycles. The number of esters is 1. The van der Waals surface area contributed by atoms with E-state index in [1.54, 1.807) is 0 Å². The number of nitrogens with zero attached hydrogens (tertiary/aromatic N) is 1. The zero-order valence-corrected chi connectivity index (χ0v) is 12.2. The molecule has 0 spiro atoms. The van der Waals surface area contributed by atoms with Gasteiger partial charge in [0.1, 0.15) is 13.2 Å². The molecule has 142 valence electrons. The van der Waals surface area contributed by atoms with Crippen LogP contribution >= 0.6 is 0 Å². The van der Waals surface area contributed by atoms with E-state index < -0.39 is 50.0 Å². The molecule has 0 fully saturated rings. The molecule has 0 N–H and O–H groups in total. The Morgan fingerprint density at radius 2 is 1.76 bits per heavy atom. The normalized spacial score (nSPS) is 13.2. The van der Waals surface area contributed by atoms with Crippen molar-refractivity contribution in [2.75, 3.05) is 19.8 Å². The van der Waals surface area contributed by atoms with E-state index in [1.165, 1.54) is 18.3 Å². The van der Waals surface area contributed by atoms with Gasteiger partial charge in [-0.15, -0.1) is 0 Å². The van der Waals surface area contributed by atoms with E-state index >= 15 is 0 Å². The molecule has 0 amide bonds. The summed E-state index contributed by atoms with van der Waals surface area (Å²) in [6.07, 6.45) is -2.50. The smallest absolute Gasteiger partial charge is 0.380 e. The van der Waals surface area contributed by atoms with Crippen LogP contribution in [0.3, 0.4) is 0 Å². The van der Waals surface area contributed by atoms with Crippen LogP contribution in [0.1, 0.15) is 10.4 Å². The zero-order valence-electron chi connectivity index (χ0n) is 12.2. The summed E-state index contributed by atoms with van der Waals surface area (Å²) in [5, 5.41) is 0. The van der Waals surface area contributed by atoms with Crippen LogP contribution in [0, 0.1) is 0 Å². The molecule has 0 atom stereocenters. The minimum absolute atomic E-state index is 0.0101. The van der Waals surface area contributed by atoms with E-state index in [0.29, 0.717) is 0 Å². The van der Waals surface area contributed by atoms with Gasteiger partial charge in [-0.1, -0.05) is 0 Å². The van der Waals surface area contributed by atoms with Crippen LogP contribution in [-0.4, -0.2) is 55.0 Å². The van der Waals surface area contributed by atoms with Crippen LogP contribution in [0.2, 0.25) is 0 Å². The lowest BCUT2D eigenvalue weighted by atomic mass is 10.1. The molecule has 0 saturated carbocycles. The maximum Gasteiger partial charge on any atom is 0.380 e. The number of halogens is 8. The van der Waals surface area contributed by atoms with E-state index in [-0.39, 0.29) is 5.56 Å². The average Bonchev–Trinajstić information content (AvgIpc) is 2.54. The average molecular weight is 381 g/mol. The van der Waals surface area contributed by atoms with Crippen molar-refractivity contribution in [3.05, 3.63) is 30.1 Å². The summed E-state index contributed by atoms with van der Waals surface area (Å²) in [4.78, 5) is 15.0. The van der Waals surface area contributed by atoms with Gasteiger partial charge in [-0.05, 0) is 12.1 Å². The standard InChI is InChI=1S/C13H11F8NO3/c14-10(15)12(18,19)13(20,21)11(16,17)7-24-4-5-25-9(23)8-2-1-3-22-6-8/h1-3,6,10H,4-5,7H2. The lowest BCUT2D eigenvalue weighted by Crippen LogP contribution is -2.59. The van der Waals surface area contributed by atoms with Gasteiger partial charge < -0.3 is 9.47 Å². The van der Waals surface area contributed by atoms with Crippen molar-refractivity contribution in [3.8, 4) is 0 Å². The lowest BCUT2D eigenvalue weighted by Gasteiger charge is -2.31. The number of ether oxygens (including phenoxy) is 2. The largest absolute Gasteiger partial charge is 0.460 e. The number of pyridine rings is 1. The summed E-state index contributed by atoms with van der Waals surface area (Å²) in [5.74, 6) is -19.1. The van der Waals surface area contributed by atoms with E-state index in [2.05, 4.69) is 14.5 Å². The number of alkyl halides is 8. The number of hydrogen-bond donors (Lipinski definition) is 0. The molecule has 0 bridgehead atoms. The highest BCUT2D eigenvalue weighted by Gasteiger charge is 2.75. The van der Waals surface area contributed by atoms with Crippen LogP contribution in [0.5, 0.6) is 0 Å². The number of carbonyl (C=O) groups is 1. The molecule has 0 aliphatic rings. The Bertz CT molecular complexity index is 568. The lowest BCUT2D eigenvalue weighted by molar-refractivity contribution is -0.346. The van der Waals surface area contributed by atoms with E-state index in [9.17, 15) is 39.9 Å². The first-order valence-electron chi connectivity index (χ1n) is 6.50. The topological polar surface area (TPSA) is 48.4 Å². The monoisotopic (exact) mass is 381 g/mol. The maximum absolute atomic E-state index is 13.1. The van der Waals surface area contributed by atoms with Crippen LogP contribution in [0.4, 0.5) is 35.1 Å². The Balaban J connectivity index is 2.48. The summed E-state index contributed by atoms with van der Waals surface area (Å²) in [7, 11) is 0. The fourth-order valence-electron chi connectivity index (χ4n) is 1.43. The molecule has 4 nitrogen and oxygen atoms in total. The van der Waals surface area contributed by atoms with Gasteiger partial charge in [0, 0.05) is 12.4 Å². The van der Waals surface area contributed by atoms with Crippen molar-refractivity contribution in [3.63, 3.8) is 0 Å². The van der Waals surface area contributed by atoms with Crippen molar-refractivity contribution in [2.45, 2.75) is 24.2 Å². The van der Waals surface area contributed by atoms with Gasteiger partial charge in [0.05, 0.1) is 12.2 Å². The molecule has 1 aromatic rings. The molecule has 0 aromatic carbocycles. The molecule has 1 rings (SSSR count). The van der Waals surface area contributed by atoms with Gasteiger partial charge >= 0.3 is 30.2 Å². The highest BCUT2D eigenvalue weighted by Crippen LogP contribution is 2.48. The van der Waals surface area contributed by atoms with Crippen LogP contribution < -0.4 is 0 Å². The fraction of sp³-hybridized carbons (Fsp3) is 0.538. The van der Waals surface area contributed by atoms with Crippen molar-refractivity contribution < 1.29 is 49.4 Å². The number of hydrogen-bond acceptors (Lipinski definition) is 4. The van der Waals surface area contributed by atoms with Gasteiger partial charge in [-0.2, -0.15) is 26.3 Å². The third kappa shape index (κ3) is 4.77. The van der Waals surface area contributed by atoms with Crippen LogP contribution in [-0.2, 0) is 9.47 Å². The summed E-state index contributed by atoms with van der Waals surface area (Å²) in [6.45, 7) is -3.79. The van der Waals surface area contributed by atoms with E-state index in [0.717, 1.165) is 6.20 Å². The minimum atomic E-state index is -6.33. The highest BCUT2D eigenvalue weighted by atomic mass is 19.4. The first-order valence-corrected chi connectivity index (χ1v) is 6.50. The Hall–Kier alpha value is -1.98. The third-order valence-electron chi connectivity index (χ3n) is 2.79. The van der Waals surface area contributed by atoms with Crippen molar-refractivity contribution in [1.29, 1.82) is 0 Å². The molecule has 25 heavy (non-hydrogen) atoms. The van der Waals surface area contributed by atoms with Gasteiger partial charge in [0.2, 0.25) is 0 Å². The first-order chi connectivity index (χ1) is 11.4. The Labute approximate surface area is 135 Å². The van der Waals surface area contributed by atoms with E-state index in [1.807, 2.05) is 0 Å². The van der Waals surface area contributed by atoms with Crippen molar-refractivity contribution >= 4 is 5.97 Å². The molecule has 1 aromatic heterocycles. The minimum Gasteiger partial charge on any atom is -0.460 e. The van der Waals surface area contributed by atoms with Gasteiger partial charge in [-0.3, -0.25) is 4.98 Å². The van der Waals surface area contributed by atoms with Crippen LogP contribution in [0.15, 0.2) is 24.5 Å². The molecule has 0 saturated heterocycles. The maximum atomic E-state index is 13.1. The molecule has 0 aliphatic carbocycles. The third-order valence-corrected chi connectivity index (χ3v) is 2.79. The second kappa shape index (κ2) is 7.93. The van der Waals surface area contributed by atoms with E-state index in [4.69, 9.17) is 0 Å². The fourth-order valence-corrected chi connectivity index (χ4v) is 1.43. The van der Waals surface area contributed by atoms with Gasteiger partial charge in [-0.25, -0.2) is 13.6 Å². The molecule has 0 radical (unpaired) electrons. The molecular formula is C13H11F8NO3. The van der Waals surface area contributed by atoms with Gasteiger partial charge in [0.15, 0.2) is 0 Å². The summed E-state index contributed by atoms with van der Waals surface area (Å²) >= 11 is 0. The SMILES string of the molecule is O=C(OCCOCC(F)(F)C(F)(F)C(F)(F)C(F)F)c1cccnc1. The Morgan fingerprint density at radius 1 is 1.12 bits per heavy atom. The van der Waals surface area contributed by atoms with Crippen LogP contribution in [0.25, 0.3) is 0 Å². The van der Waals surface area contributed by atoms with Gasteiger partial charge in [0.25, 0.3) is 0 Å². The predicted molar refractivity (Wildman–Crippen MR) is 66.2 cm³/mol. The molecule has 12 heteroatoms. The molecule has 0 unspecified atom stereocenters. The number of rotatable bonds is 9. The number of aromatic nitrogens is 1. The second-order valence-corrected chi connectivity index (χ2v) is 4.63. The summed E-state index contributed by atoms with van der Waals surface area (Å²) < 4.78 is 110. The first kappa shape index (κ1) is 21.1. The second-order valence-electron chi connectivity index (χ2n) is 4.63. The Kier molecular flexibility index (Phi) is 6.68. The molecule has 1 heterocycles. The summed E-state index contributed by atoms with van der Waals surface area (Å²) in [5.41, 5.74) is 0.0101. The summed E-state index contributed by atoms with van der Waals surface area (Å²) in [6, 6.07) is 2.72.